The van der Waals surface area contributed by atoms with Crippen molar-refractivity contribution in [2.75, 3.05) is 31.6 Å². The largest absolute Gasteiger partial charge is 0.396 e. The van der Waals surface area contributed by atoms with Crippen molar-refractivity contribution >= 4 is 11.6 Å². The number of aliphatic hydroxyl groups is 1. The molecule has 0 bridgehead atoms. The first kappa shape index (κ1) is 13.5. The molecule has 2 rings (SSSR count). The van der Waals surface area contributed by atoms with Crippen LogP contribution in [0.3, 0.4) is 0 Å². The van der Waals surface area contributed by atoms with Crippen LogP contribution in [0.2, 0.25) is 0 Å². The Bertz CT molecular complexity index is 472. The summed E-state index contributed by atoms with van der Waals surface area (Å²) < 4.78 is 0. The normalized spacial score (nSPS) is 15.6. The van der Waals surface area contributed by atoms with Gasteiger partial charge in [-0.15, -0.1) is 0 Å². The maximum Gasteiger partial charge on any atom is 0.238 e. The number of aliphatic hydroxyl groups excluding tert-OH is 1. The second kappa shape index (κ2) is 6.32. The van der Waals surface area contributed by atoms with E-state index in [4.69, 9.17) is 10.4 Å². The number of carbonyl (C=O) groups is 1. The molecule has 1 aliphatic rings. The third-order valence-electron chi connectivity index (χ3n) is 3.18. The number of anilines is 1. The van der Waals surface area contributed by atoms with Gasteiger partial charge in [-0.3, -0.25) is 9.69 Å². The van der Waals surface area contributed by atoms with Gasteiger partial charge in [0, 0.05) is 31.3 Å². The van der Waals surface area contributed by atoms with Gasteiger partial charge in [0.1, 0.15) is 0 Å². The summed E-state index contributed by atoms with van der Waals surface area (Å²) in [5.74, 6) is 0.266. The average molecular weight is 259 g/mol. The van der Waals surface area contributed by atoms with Gasteiger partial charge in [-0.05, 0) is 17.7 Å². The van der Waals surface area contributed by atoms with E-state index in [0.717, 1.165) is 24.3 Å². The zero-order valence-corrected chi connectivity index (χ0v) is 10.7. The van der Waals surface area contributed by atoms with E-state index in [0.29, 0.717) is 18.9 Å². The van der Waals surface area contributed by atoms with Gasteiger partial charge < -0.3 is 10.4 Å². The molecule has 1 amide bonds. The molecule has 1 aromatic rings. The van der Waals surface area contributed by atoms with Gasteiger partial charge in [0.2, 0.25) is 5.91 Å². The summed E-state index contributed by atoms with van der Waals surface area (Å²) >= 11 is 0. The Morgan fingerprint density at radius 1 is 1.42 bits per heavy atom. The highest BCUT2D eigenvalue weighted by molar-refractivity contribution is 5.92. The maximum atomic E-state index is 11.8. The first-order valence-corrected chi connectivity index (χ1v) is 6.30. The number of likely N-dealkylation sites (tertiary alicyclic amines) is 1. The van der Waals surface area contributed by atoms with Gasteiger partial charge in [0.25, 0.3) is 0 Å². The number of rotatable bonds is 5. The smallest absolute Gasteiger partial charge is 0.238 e. The summed E-state index contributed by atoms with van der Waals surface area (Å²) in [6.45, 7) is 2.12. The topological polar surface area (TPSA) is 76.4 Å². The fraction of sp³-hybridized carbons (Fsp3) is 0.429. The fourth-order valence-electron chi connectivity index (χ4n) is 2.12. The highest BCUT2D eigenvalue weighted by Crippen LogP contribution is 2.14. The zero-order chi connectivity index (χ0) is 13.7. The van der Waals surface area contributed by atoms with Crippen molar-refractivity contribution in [3.8, 4) is 6.07 Å². The first-order chi connectivity index (χ1) is 9.21. The molecule has 1 heterocycles. The lowest BCUT2D eigenvalue weighted by Crippen LogP contribution is -2.51. The van der Waals surface area contributed by atoms with E-state index in [1.165, 1.54) is 0 Å². The molecule has 19 heavy (non-hydrogen) atoms. The van der Waals surface area contributed by atoms with Crippen molar-refractivity contribution in [3.05, 3.63) is 29.8 Å². The van der Waals surface area contributed by atoms with Gasteiger partial charge in [-0.2, -0.15) is 5.26 Å². The Balaban J connectivity index is 1.77. The lowest BCUT2D eigenvalue weighted by atomic mass is 10.0. The fourth-order valence-corrected chi connectivity index (χ4v) is 2.12. The van der Waals surface area contributed by atoms with Crippen LogP contribution in [-0.2, 0) is 11.2 Å². The molecular formula is C14H17N3O2. The van der Waals surface area contributed by atoms with Crippen LogP contribution in [0, 0.1) is 17.2 Å². The number of hydrogen-bond donors (Lipinski definition) is 2. The van der Waals surface area contributed by atoms with Crippen molar-refractivity contribution in [3.63, 3.8) is 0 Å². The van der Waals surface area contributed by atoms with E-state index in [1.807, 2.05) is 17.0 Å². The maximum absolute atomic E-state index is 11.8. The number of hydrogen-bond acceptors (Lipinski definition) is 4. The van der Waals surface area contributed by atoms with E-state index in [2.05, 4.69) is 11.4 Å². The molecule has 0 unspecified atom stereocenters. The summed E-state index contributed by atoms with van der Waals surface area (Å²) in [6.07, 6.45) is 0.380. The molecule has 1 aromatic carbocycles. The predicted molar refractivity (Wildman–Crippen MR) is 71.4 cm³/mol. The van der Waals surface area contributed by atoms with Gasteiger partial charge in [-0.1, -0.05) is 12.1 Å². The van der Waals surface area contributed by atoms with Crippen molar-refractivity contribution < 1.29 is 9.90 Å². The quantitative estimate of drug-likeness (QED) is 0.812. The predicted octanol–water partition coefficient (Wildman–Crippen LogP) is 0.615. The minimum absolute atomic E-state index is 0.0515. The van der Waals surface area contributed by atoms with Gasteiger partial charge in [0.15, 0.2) is 0 Å². The molecule has 0 atom stereocenters. The Morgan fingerprint density at radius 2 is 2.11 bits per heavy atom. The van der Waals surface area contributed by atoms with Crippen LogP contribution in [0.4, 0.5) is 5.69 Å². The monoisotopic (exact) mass is 259 g/mol. The standard InChI is InChI=1S/C14H17N3O2/c15-6-5-11-1-3-13(4-2-11)16-14(19)9-17-7-12(8-17)10-18/h1-4,12,18H,5,7-10H2,(H,16,19). The third-order valence-corrected chi connectivity index (χ3v) is 3.18. The molecule has 2 N–H and O–H groups in total. The molecule has 1 saturated heterocycles. The number of benzene rings is 1. The first-order valence-electron chi connectivity index (χ1n) is 6.30. The Kier molecular flexibility index (Phi) is 4.50. The molecule has 1 aliphatic heterocycles. The molecule has 0 aliphatic carbocycles. The summed E-state index contributed by atoms with van der Waals surface area (Å²) in [7, 11) is 0. The average Bonchev–Trinajstić information content (AvgIpc) is 2.36. The van der Waals surface area contributed by atoms with E-state index < -0.39 is 0 Å². The summed E-state index contributed by atoms with van der Waals surface area (Å²) in [6, 6.07) is 9.36. The van der Waals surface area contributed by atoms with Crippen molar-refractivity contribution in [1.82, 2.24) is 4.90 Å². The van der Waals surface area contributed by atoms with Crippen molar-refractivity contribution in [2.45, 2.75) is 6.42 Å². The molecule has 1 fully saturated rings. The third kappa shape index (κ3) is 3.78. The molecule has 100 valence electrons. The SMILES string of the molecule is N#CCc1ccc(NC(=O)CN2CC(CO)C2)cc1. The minimum Gasteiger partial charge on any atom is -0.396 e. The van der Waals surface area contributed by atoms with E-state index in [1.54, 1.807) is 12.1 Å². The van der Waals surface area contributed by atoms with Crippen molar-refractivity contribution in [1.29, 1.82) is 5.26 Å². The highest BCUT2D eigenvalue weighted by atomic mass is 16.3. The molecule has 5 nitrogen and oxygen atoms in total. The van der Waals surface area contributed by atoms with Crippen LogP contribution in [0.1, 0.15) is 5.56 Å². The molecule has 0 saturated carbocycles. The lowest BCUT2D eigenvalue weighted by Gasteiger charge is -2.37. The second-order valence-electron chi connectivity index (χ2n) is 4.82. The van der Waals surface area contributed by atoms with Crippen LogP contribution in [0.25, 0.3) is 0 Å². The molecule has 0 radical (unpaired) electrons. The highest BCUT2D eigenvalue weighted by Gasteiger charge is 2.27. The van der Waals surface area contributed by atoms with Gasteiger partial charge in [-0.25, -0.2) is 0 Å². The number of nitriles is 1. The Morgan fingerprint density at radius 3 is 2.68 bits per heavy atom. The number of nitrogens with zero attached hydrogens (tertiary/aromatic N) is 2. The Hall–Kier alpha value is -1.90. The molecule has 5 heteroatoms. The van der Waals surface area contributed by atoms with Crippen LogP contribution >= 0.6 is 0 Å². The summed E-state index contributed by atoms with van der Waals surface area (Å²) in [5, 5.41) is 20.3. The summed E-state index contributed by atoms with van der Waals surface area (Å²) in [4.78, 5) is 13.8. The van der Waals surface area contributed by atoms with E-state index in [-0.39, 0.29) is 12.5 Å². The lowest BCUT2D eigenvalue weighted by molar-refractivity contribution is -0.119. The van der Waals surface area contributed by atoms with Crippen LogP contribution in [0.15, 0.2) is 24.3 Å². The van der Waals surface area contributed by atoms with E-state index in [9.17, 15) is 4.79 Å². The number of carbonyl (C=O) groups excluding carboxylic acids is 1. The Labute approximate surface area is 112 Å². The van der Waals surface area contributed by atoms with Crippen LogP contribution < -0.4 is 5.32 Å². The van der Waals surface area contributed by atoms with Gasteiger partial charge >= 0.3 is 0 Å². The zero-order valence-electron chi connectivity index (χ0n) is 10.7. The molecule has 0 aromatic heterocycles. The summed E-state index contributed by atoms with van der Waals surface area (Å²) in [5.41, 5.74) is 1.68. The second-order valence-corrected chi connectivity index (χ2v) is 4.82. The van der Waals surface area contributed by atoms with Gasteiger partial charge in [0.05, 0.1) is 19.0 Å². The van der Waals surface area contributed by atoms with Crippen LogP contribution in [-0.4, -0.2) is 42.2 Å². The number of amides is 1. The van der Waals surface area contributed by atoms with E-state index >= 15 is 0 Å². The number of nitrogens with one attached hydrogen (secondary N) is 1. The van der Waals surface area contributed by atoms with Crippen molar-refractivity contribution in [2.24, 2.45) is 5.92 Å². The molecular weight excluding hydrogens is 242 g/mol. The van der Waals surface area contributed by atoms with Crippen LogP contribution in [0.5, 0.6) is 0 Å². The molecule has 0 spiro atoms. The minimum atomic E-state index is -0.0515.